The summed E-state index contributed by atoms with van der Waals surface area (Å²) in [6.45, 7) is 5.60. The molecule has 0 spiro atoms. The molecule has 1 aliphatic heterocycles. The lowest BCUT2D eigenvalue weighted by Gasteiger charge is -2.18. The van der Waals surface area contributed by atoms with Crippen molar-refractivity contribution in [3.63, 3.8) is 0 Å². The zero-order valence-electron chi connectivity index (χ0n) is 13.8. The van der Waals surface area contributed by atoms with Crippen LogP contribution >= 0.6 is 0 Å². The Morgan fingerprint density at radius 3 is 2.74 bits per heavy atom. The van der Waals surface area contributed by atoms with Crippen molar-refractivity contribution in [3.8, 4) is 0 Å². The number of nitrogens with zero attached hydrogens (tertiary/aromatic N) is 4. The quantitative estimate of drug-likeness (QED) is 0.917. The summed E-state index contributed by atoms with van der Waals surface area (Å²) >= 11 is 0. The zero-order chi connectivity index (χ0) is 16.2. The molecule has 1 N–H and O–H groups in total. The van der Waals surface area contributed by atoms with Crippen molar-refractivity contribution < 1.29 is 5.11 Å². The number of aryl methyl sites for hydroxylation is 2. The standard InChI is InChI=1S/C18H24N4O/c1-3-4-17-20-13(2)9-18(21-17)22-11-15(16(23)12-22)10-14-5-7-19-8-6-14/h5-9,15-16,23H,3-4,10-12H2,1-2H3/t15-,16-/m1/s1. The van der Waals surface area contributed by atoms with Gasteiger partial charge in [0.25, 0.3) is 0 Å². The summed E-state index contributed by atoms with van der Waals surface area (Å²) in [5.74, 6) is 2.06. The van der Waals surface area contributed by atoms with Crippen molar-refractivity contribution in [2.24, 2.45) is 5.92 Å². The Morgan fingerprint density at radius 1 is 1.22 bits per heavy atom. The van der Waals surface area contributed by atoms with Crippen LogP contribution in [0.3, 0.4) is 0 Å². The molecular weight excluding hydrogens is 288 g/mol. The number of hydrogen-bond acceptors (Lipinski definition) is 5. The lowest BCUT2D eigenvalue weighted by Crippen LogP contribution is -2.23. The molecule has 1 fully saturated rings. The number of rotatable bonds is 5. The number of aromatic nitrogens is 3. The lowest BCUT2D eigenvalue weighted by molar-refractivity contribution is 0.148. The van der Waals surface area contributed by atoms with Gasteiger partial charge in [-0.15, -0.1) is 0 Å². The number of aliphatic hydroxyl groups excluding tert-OH is 1. The molecule has 0 saturated carbocycles. The normalized spacial score (nSPS) is 20.9. The van der Waals surface area contributed by atoms with E-state index in [0.29, 0.717) is 6.54 Å². The predicted molar refractivity (Wildman–Crippen MR) is 90.4 cm³/mol. The summed E-state index contributed by atoms with van der Waals surface area (Å²) in [7, 11) is 0. The van der Waals surface area contributed by atoms with Gasteiger partial charge < -0.3 is 10.0 Å². The number of aliphatic hydroxyl groups is 1. The van der Waals surface area contributed by atoms with Crippen LogP contribution in [0.2, 0.25) is 0 Å². The molecule has 0 aromatic carbocycles. The van der Waals surface area contributed by atoms with Crippen LogP contribution in [-0.2, 0) is 12.8 Å². The van der Waals surface area contributed by atoms with E-state index in [4.69, 9.17) is 0 Å². The number of anilines is 1. The number of hydrogen-bond donors (Lipinski definition) is 1. The Morgan fingerprint density at radius 2 is 2.00 bits per heavy atom. The van der Waals surface area contributed by atoms with Gasteiger partial charge in [-0.05, 0) is 37.5 Å². The van der Waals surface area contributed by atoms with Gasteiger partial charge in [0.05, 0.1) is 6.10 Å². The molecule has 0 amide bonds. The van der Waals surface area contributed by atoms with E-state index in [0.717, 1.165) is 43.1 Å². The summed E-state index contributed by atoms with van der Waals surface area (Å²) in [5, 5.41) is 10.4. The molecule has 122 valence electrons. The van der Waals surface area contributed by atoms with Crippen LogP contribution in [-0.4, -0.2) is 39.3 Å². The van der Waals surface area contributed by atoms with Crippen molar-refractivity contribution in [1.29, 1.82) is 0 Å². The molecule has 0 unspecified atom stereocenters. The second-order valence-electron chi connectivity index (χ2n) is 6.33. The number of pyridine rings is 1. The van der Waals surface area contributed by atoms with Crippen LogP contribution in [0.15, 0.2) is 30.6 Å². The molecule has 2 atom stereocenters. The van der Waals surface area contributed by atoms with Gasteiger partial charge in [0.15, 0.2) is 0 Å². The minimum Gasteiger partial charge on any atom is -0.391 e. The van der Waals surface area contributed by atoms with Crippen LogP contribution in [0.1, 0.15) is 30.4 Å². The minimum absolute atomic E-state index is 0.224. The van der Waals surface area contributed by atoms with Gasteiger partial charge in [-0.2, -0.15) is 0 Å². The second kappa shape index (κ2) is 7.04. The van der Waals surface area contributed by atoms with Crippen LogP contribution in [0, 0.1) is 12.8 Å². The van der Waals surface area contributed by atoms with Gasteiger partial charge in [0.2, 0.25) is 0 Å². The summed E-state index contributed by atoms with van der Waals surface area (Å²) in [5.41, 5.74) is 2.21. The van der Waals surface area contributed by atoms with E-state index in [2.05, 4.69) is 26.8 Å². The fourth-order valence-corrected chi connectivity index (χ4v) is 3.17. The first-order valence-corrected chi connectivity index (χ1v) is 8.32. The molecule has 5 heteroatoms. The zero-order valence-corrected chi connectivity index (χ0v) is 13.8. The van der Waals surface area contributed by atoms with Crippen LogP contribution in [0.5, 0.6) is 0 Å². The van der Waals surface area contributed by atoms with Crippen molar-refractivity contribution in [2.75, 3.05) is 18.0 Å². The summed E-state index contributed by atoms with van der Waals surface area (Å²) in [6.07, 6.45) is 6.08. The van der Waals surface area contributed by atoms with Gasteiger partial charge in [-0.1, -0.05) is 6.92 Å². The third-order valence-corrected chi connectivity index (χ3v) is 4.34. The van der Waals surface area contributed by atoms with E-state index < -0.39 is 0 Å². The molecule has 0 bridgehead atoms. The maximum absolute atomic E-state index is 10.4. The molecule has 1 saturated heterocycles. The maximum Gasteiger partial charge on any atom is 0.132 e. The van der Waals surface area contributed by atoms with E-state index in [1.807, 2.05) is 25.1 Å². The van der Waals surface area contributed by atoms with E-state index in [1.54, 1.807) is 12.4 Å². The molecule has 2 aromatic heterocycles. The largest absolute Gasteiger partial charge is 0.391 e. The molecule has 3 heterocycles. The Hall–Kier alpha value is -2.01. The summed E-state index contributed by atoms with van der Waals surface area (Å²) in [4.78, 5) is 15.4. The average Bonchev–Trinajstić information content (AvgIpc) is 2.89. The Balaban J connectivity index is 1.73. The fraction of sp³-hybridized carbons (Fsp3) is 0.500. The highest BCUT2D eigenvalue weighted by molar-refractivity contribution is 5.42. The van der Waals surface area contributed by atoms with Crippen LogP contribution < -0.4 is 4.90 Å². The van der Waals surface area contributed by atoms with E-state index in [1.165, 1.54) is 5.56 Å². The molecule has 3 rings (SSSR count). The van der Waals surface area contributed by atoms with Gasteiger partial charge in [0.1, 0.15) is 11.6 Å². The van der Waals surface area contributed by atoms with Crippen LogP contribution in [0.4, 0.5) is 5.82 Å². The fourth-order valence-electron chi connectivity index (χ4n) is 3.17. The highest BCUT2D eigenvalue weighted by atomic mass is 16.3. The minimum atomic E-state index is -0.326. The van der Waals surface area contributed by atoms with E-state index in [9.17, 15) is 5.11 Å². The predicted octanol–water partition coefficient (Wildman–Crippen LogP) is 2.17. The van der Waals surface area contributed by atoms with Gasteiger partial charge in [0, 0.05) is 49.6 Å². The second-order valence-corrected chi connectivity index (χ2v) is 6.33. The molecule has 2 aromatic rings. The molecule has 1 aliphatic rings. The van der Waals surface area contributed by atoms with Crippen molar-refractivity contribution in [3.05, 3.63) is 47.7 Å². The smallest absolute Gasteiger partial charge is 0.132 e. The van der Waals surface area contributed by atoms with E-state index >= 15 is 0 Å². The van der Waals surface area contributed by atoms with Gasteiger partial charge >= 0.3 is 0 Å². The Kier molecular flexibility index (Phi) is 4.86. The Labute approximate surface area is 137 Å². The van der Waals surface area contributed by atoms with E-state index in [-0.39, 0.29) is 12.0 Å². The maximum atomic E-state index is 10.4. The molecule has 0 aliphatic carbocycles. The summed E-state index contributed by atoms with van der Waals surface area (Å²) in [6, 6.07) is 6.05. The van der Waals surface area contributed by atoms with Crippen molar-refractivity contribution >= 4 is 5.82 Å². The lowest BCUT2D eigenvalue weighted by atomic mass is 9.97. The third-order valence-electron chi connectivity index (χ3n) is 4.34. The average molecular weight is 312 g/mol. The SMILES string of the molecule is CCCc1nc(C)cc(N2C[C@@H](Cc3ccncc3)[C@H](O)C2)n1. The Bertz CT molecular complexity index is 647. The topological polar surface area (TPSA) is 62.1 Å². The van der Waals surface area contributed by atoms with Gasteiger partial charge in [-0.25, -0.2) is 9.97 Å². The first kappa shape index (κ1) is 15.9. The van der Waals surface area contributed by atoms with Crippen molar-refractivity contribution in [2.45, 2.75) is 39.2 Å². The molecule has 0 radical (unpaired) electrons. The first-order valence-electron chi connectivity index (χ1n) is 8.32. The van der Waals surface area contributed by atoms with Gasteiger partial charge in [-0.3, -0.25) is 4.98 Å². The first-order chi connectivity index (χ1) is 11.2. The highest BCUT2D eigenvalue weighted by Crippen LogP contribution is 2.26. The molecular formula is C18H24N4O. The summed E-state index contributed by atoms with van der Waals surface area (Å²) < 4.78 is 0. The molecule has 5 nitrogen and oxygen atoms in total. The number of β-amino-alcohol motifs (C(OH)–C–C–N with tert-alkyl or cyclic N) is 1. The third kappa shape index (κ3) is 3.85. The monoisotopic (exact) mass is 312 g/mol. The van der Waals surface area contributed by atoms with Crippen molar-refractivity contribution in [1.82, 2.24) is 15.0 Å². The molecule has 23 heavy (non-hydrogen) atoms. The van der Waals surface area contributed by atoms with Crippen LogP contribution in [0.25, 0.3) is 0 Å². The highest BCUT2D eigenvalue weighted by Gasteiger charge is 2.32.